The quantitative estimate of drug-likeness (QED) is 0.711. The van der Waals surface area contributed by atoms with E-state index < -0.39 is 12.0 Å². The minimum atomic E-state index is -0.756. The fraction of sp³-hybridized carbons (Fsp3) is 0.500. The molecule has 0 spiro atoms. The highest BCUT2D eigenvalue weighted by atomic mass is 32.2. The van der Waals surface area contributed by atoms with Crippen molar-refractivity contribution in [2.75, 3.05) is 12.3 Å². The first-order valence-corrected chi connectivity index (χ1v) is 7.27. The number of carboxylic acid groups (broad SMARTS) is 1. The third-order valence-corrected chi connectivity index (χ3v) is 3.63. The molecule has 18 heavy (non-hydrogen) atoms. The number of aliphatic carboxylic acids is 1. The monoisotopic (exact) mass is 267 g/mol. The average molecular weight is 267 g/mol. The number of hydrogen-bond donors (Lipinski definition) is 2. The fourth-order valence-electron chi connectivity index (χ4n) is 1.63. The van der Waals surface area contributed by atoms with E-state index in [1.54, 1.807) is 11.8 Å². The van der Waals surface area contributed by atoms with Crippen molar-refractivity contribution in [1.82, 2.24) is 5.32 Å². The predicted molar refractivity (Wildman–Crippen MR) is 76.2 cm³/mol. The lowest BCUT2D eigenvalue weighted by Crippen LogP contribution is -2.37. The van der Waals surface area contributed by atoms with Crippen LogP contribution in [-0.2, 0) is 4.79 Å². The molecule has 0 aliphatic carbocycles. The molecular weight excluding hydrogens is 246 g/mol. The van der Waals surface area contributed by atoms with Crippen LogP contribution in [0, 0.1) is 6.92 Å². The summed E-state index contributed by atoms with van der Waals surface area (Å²) in [7, 11) is 0. The topological polar surface area (TPSA) is 49.3 Å². The summed E-state index contributed by atoms with van der Waals surface area (Å²) in [5.41, 5.74) is 1.24. The Hall–Kier alpha value is -1.00. The van der Waals surface area contributed by atoms with E-state index in [-0.39, 0.29) is 0 Å². The molecule has 0 saturated carbocycles. The Morgan fingerprint density at radius 2 is 2.28 bits per heavy atom. The van der Waals surface area contributed by atoms with E-state index in [4.69, 9.17) is 5.11 Å². The van der Waals surface area contributed by atoms with Gasteiger partial charge in [-0.3, -0.25) is 4.79 Å². The number of aryl methyl sites for hydroxylation is 1. The minimum absolute atomic E-state index is 0.428. The number of carbonyl (C=O) groups is 1. The van der Waals surface area contributed by atoms with Crippen LogP contribution >= 0.6 is 11.8 Å². The number of carboxylic acids is 1. The second kappa shape index (κ2) is 8.16. The van der Waals surface area contributed by atoms with Crippen molar-refractivity contribution in [1.29, 1.82) is 0 Å². The van der Waals surface area contributed by atoms with Crippen LogP contribution in [0.4, 0.5) is 0 Å². The van der Waals surface area contributed by atoms with Crippen molar-refractivity contribution < 1.29 is 9.90 Å². The van der Waals surface area contributed by atoms with Crippen molar-refractivity contribution >= 4 is 17.7 Å². The molecule has 2 N–H and O–H groups in total. The third kappa shape index (κ3) is 5.56. The molecule has 0 aliphatic heterocycles. The van der Waals surface area contributed by atoms with Crippen molar-refractivity contribution in [3.8, 4) is 0 Å². The summed E-state index contributed by atoms with van der Waals surface area (Å²) in [5.74, 6) is 0.0604. The van der Waals surface area contributed by atoms with Crippen LogP contribution < -0.4 is 5.32 Å². The molecule has 3 nitrogen and oxygen atoms in total. The zero-order chi connectivity index (χ0) is 13.4. The number of benzene rings is 1. The molecule has 1 aromatic carbocycles. The maximum atomic E-state index is 11.0. The summed E-state index contributed by atoms with van der Waals surface area (Å²) in [6.45, 7) is 4.85. The van der Waals surface area contributed by atoms with Crippen LogP contribution in [0.15, 0.2) is 29.2 Å². The molecule has 100 valence electrons. The molecule has 1 atom stereocenters. The Morgan fingerprint density at radius 1 is 1.50 bits per heavy atom. The molecule has 0 aromatic heterocycles. The van der Waals surface area contributed by atoms with Crippen molar-refractivity contribution in [3.63, 3.8) is 0 Å². The molecule has 0 saturated heterocycles. The van der Waals surface area contributed by atoms with Gasteiger partial charge in [0, 0.05) is 10.6 Å². The first kappa shape index (κ1) is 15.1. The van der Waals surface area contributed by atoms with Gasteiger partial charge in [0.1, 0.15) is 6.04 Å². The Morgan fingerprint density at radius 3 is 2.89 bits per heavy atom. The van der Waals surface area contributed by atoms with Crippen molar-refractivity contribution in [2.24, 2.45) is 0 Å². The van der Waals surface area contributed by atoms with E-state index in [9.17, 15) is 4.79 Å². The standard InChI is InChI=1S/C14H21NO2S/c1-3-8-15-13(14(16)17)7-9-18-12-6-4-5-11(2)10-12/h4-6,10,13,15H,3,7-9H2,1-2H3,(H,16,17). The van der Waals surface area contributed by atoms with Crippen LogP contribution in [0.5, 0.6) is 0 Å². The summed E-state index contributed by atoms with van der Waals surface area (Å²) in [5, 5.41) is 12.1. The van der Waals surface area contributed by atoms with Crippen LogP contribution in [-0.4, -0.2) is 29.4 Å². The predicted octanol–water partition coefficient (Wildman–Crippen LogP) is 2.93. The molecule has 1 aromatic rings. The normalized spacial score (nSPS) is 12.3. The zero-order valence-corrected chi connectivity index (χ0v) is 11.8. The highest BCUT2D eigenvalue weighted by molar-refractivity contribution is 7.99. The van der Waals surface area contributed by atoms with Gasteiger partial charge in [-0.2, -0.15) is 0 Å². The van der Waals surface area contributed by atoms with E-state index in [0.29, 0.717) is 6.42 Å². The minimum Gasteiger partial charge on any atom is -0.480 e. The summed E-state index contributed by atoms with van der Waals surface area (Å²) < 4.78 is 0. The molecule has 4 heteroatoms. The van der Waals surface area contributed by atoms with Gasteiger partial charge in [0.2, 0.25) is 0 Å². The van der Waals surface area contributed by atoms with Gasteiger partial charge in [-0.05, 0) is 38.4 Å². The lowest BCUT2D eigenvalue weighted by atomic mass is 10.2. The van der Waals surface area contributed by atoms with Gasteiger partial charge in [-0.1, -0.05) is 24.6 Å². The second-order valence-electron chi connectivity index (χ2n) is 4.30. The number of hydrogen-bond acceptors (Lipinski definition) is 3. The molecule has 0 heterocycles. The largest absolute Gasteiger partial charge is 0.480 e. The number of rotatable bonds is 8. The Bertz CT molecular complexity index is 382. The fourth-order valence-corrected chi connectivity index (χ4v) is 2.66. The zero-order valence-electron chi connectivity index (χ0n) is 11.0. The molecule has 0 bridgehead atoms. The molecule has 1 unspecified atom stereocenters. The molecule has 0 fully saturated rings. The van der Waals surface area contributed by atoms with Gasteiger partial charge >= 0.3 is 5.97 Å². The molecule has 1 rings (SSSR count). The van der Waals surface area contributed by atoms with Gasteiger partial charge < -0.3 is 10.4 Å². The highest BCUT2D eigenvalue weighted by Gasteiger charge is 2.15. The molecular formula is C14H21NO2S. The average Bonchev–Trinajstić information content (AvgIpc) is 2.33. The van der Waals surface area contributed by atoms with Crippen molar-refractivity contribution in [3.05, 3.63) is 29.8 Å². The van der Waals surface area contributed by atoms with Crippen LogP contribution in [0.2, 0.25) is 0 Å². The van der Waals surface area contributed by atoms with E-state index in [1.165, 1.54) is 10.5 Å². The lowest BCUT2D eigenvalue weighted by molar-refractivity contribution is -0.139. The van der Waals surface area contributed by atoms with Gasteiger partial charge in [0.05, 0.1) is 0 Å². The van der Waals surface area contributed by atoms with Gasteiger partial charge in [-0.15, -0.1) is 11.8 Å². The Kier molecular flexibility index (Phi) is 6.83. The van der Waals surface area contributed by atoms with E-state index in [1.807, 2.05) is 13.0 Å². The van der Waals surface area contributed by atoms with Crippen molar-refractivity contribution in [2.45, 2.75) is 37.6 Å². The summed E-state index contributed by atoms with van der Waals surface area (Å²) in [6.07, 6.45) is 1.60. The maximum Gasteiger partial charge on any atom is 0.320 e. The summed E-state index contributed by atoms with van der Waals surface area (Å²) >= 11 is 1.71. The third-order valence-electron chi connectivity index (χ3n) is 2.60. The van der Waals surface area contributed by atoms with Gasteiger partial charge in [0.15, 0.2) is 0 Å². The van der Waals surface area contributed by atoms with Crippen LogP contribution in [0.25, 0.3) is 0 Å². The van der Waals surface area contributed by atoms with E-state index in [0.717, 1.165) is 18.7 Å². The Balaban J connectivity index is 2.36. The maximum absolute atomic E-state index is 11.0. The van der Waals surface area contributed by atoms with E-state index in [2.05, 4.69) is 30.4 Å². The first-order valence-electron chi connectivity index (χ1n) is 6.29. The van der Waals surface area contributed by atoms with E-state index >= 15 is 0 Å². The number of thioether (sulfide) groups is 1. The first-order chi connectivity index (χ1) is 8.63. The summed E-state index contributed by atoms with van der Waals surface area (Å²) in [6, 6.07) is 7.85. The van der Waals surface area contributed by atoms with Crippen LogP contribution in [0.3, 0.4) is 0 Å². The lowest BCUT2D eigenvalue weighted by Gasteiger charge is -2.13. The van der Waals surface area contributed by atoms with Gasteiger partial charge in [0.25, 0.3) is 0 Å². The molecule has 0 radical (unpaired) electrons. The number of nitrogens with one attached hydrogen (secondary N) is 1. The highest BCUT2D eigenvalue weighted by Crippen LogP contribution is 2.20. The molecule has 0 aliphatic rings. The molecule has 0 amide bonds. The van der Waals surface area contributed by atoms with Gasteiger partial charge in [-0.25, -0.2) is 0 Å². The Labute approximate surface area is 113 Å². The second-order valence-corrected chi connectivity index (χ2v) is 5.47. The SMILES string of the molecule is CCCNC(CCSc1cccc(C)c1)C(=O)O. The summed E-state index contributed by atoms with van der Waals surface area (Å²) in [4.78, 5) is 12.2. The smallest absolute Gasteiger partial charge is 0.320 e. The van der Waals surface area contributed by atoms with Crippen LogP contribution in [0.1, 0.15) is 25.3 Å².